The van der Waals surface area contributed by atoms with Crippen molar-refractivity contribution in [2.45, 2.75) is 0 Å². The fraction of sp³-hybridized carbons (Fsp3) is 0. The Kier molecular flexibility index (Phi) is 5.57. The van der Waals surface area contributed by atoms with Gasteiger partial charge in [0.25, 0.3) is 0 Å². The maximum absolute atomic E-state index is 6.33. The summed E-state index contributed by atoms with van der Waals surface area (Å²) in [6.45, 7) is 0. The summed E-state index contributed by atoms with van der Waals surface area (Å²) in [5.41, 5.74) is 8.57. The van der Waals surface area contributed by atoms with Crippen LogP contribution in [-0.4, -0.2) is 0 Å². The Bertz CT molecular complexity index is 1980. The molecule has 0 amide bonds. The molecule has 7 aromatic rings. The van der Waals surface area contributed by atoms with Crippen LogP contribution in [0, 0.1) is 0 Å². The van der Waals surface area contributed by atoms with Gasteiger partial charge in [0.2, 0.25) is 0 Å². The number of halogens is 1. The fourth-order valence-corrected chi connectivity index (χ4v) is 5.40. The first-order chi connectivity index (χ1) is 18.7. The molecule has 0 unspecified atom stereocenters. The van der Waals surface area contributed by atoms with E-state index in [1.807, 2.05) is 36.4 Å². The molecule has 1 aromatic heterocycles. The summed E-state index contributed by atoms with van der Waals surface area (Å²) in [6.07, 6.45) is 2.20. The van der Waals surface area contributed by atoms with Crippen molar-refractivity contribution in [3.8, 4) is 11.1 Å². The van der Waals surface area contributed by atoms with Crippen LogP contribution in [0.25, 0.3) is 55.5 Å². The number of para-hydroxylation sites is 1. The molecule has 0 aliphatic heterocycles. The smallest absolute Gasteiger partial charge is 0.136 e. The molecule has 38 heavy (non-hydrogen) atoms. The van der Waals surface area contributed by atoms with E-state index in [0.717, 1.165) is 49.2 Å². The molecule has 7 rings (SSSR count). The number of furan rings is 1. The van der Waals surface area contributed by atoms with E-state index in [9.17, 15) is 0 Å². The van der Waals surface area contributed by atoms with Crippen LogP contribution in [0.4, 0.5) is 0 Å². The van der Waals surface area contributed by atoms with Gasteiger partial charge in [-0.2, -0.15) is 0 Å². The molecule has 0 spiro atoms. The van der Waals surface area contributed by atoms with Gasteiger partial charge in [-0.15, -0.1) is 0 Å². The van der Waals surface area contributed by atoms with Crippen LogP contribution in [-0.2, 0) is 0 Å². The second-order valence-corrected chi connectivity index (χ2v) is 10.00. The Morgan fingerprint density at radius 2 is 1.26 bits per heavy atom. The zero-order chi connectivity index (χ0) is 25.5. The number of benzene rings is 6. The Hall–Kier alpha value is -4.59. The van der Waals surface area contributed by atoms with Gasteiger partial charge in [0.1, 0.15) is 11.2 Å². The van der Waals surface area contributed by atoms with Crippen LogP contribution in [0.3, 0.4) is 0 Å². The van der Waals surface area contributed by atoms with E-state index in [0.29, 0.717) is 0 Å². The van der Waals surface area contributed by atoms with Gasteiger partial charge in [0, 0.05) is 15.8 Å². The SMILES string of the molecule is Clc1cccc(/C=C(/c2ccc(-c3ccc4ccccc4c3)cc2)c2ccc3c(c2)oc2ccccc23)c1. The predicted molar refractivity (Wildman–Crippen MR) is 162 cm³/mol. The molecule has 0 bridgehead atoms. The van der Waals surface area contributed by atoms with Gasteiger partial charge in [0.15, 0.2) is 0 Å². The van der Waals surface area contributed by atoms with Crippen molar-refractivity contribution in [3.05, 3.63) is 155 Å². The zero-order valence-electron chi connectivity index (χ0n) is 20.6. The molecule has 2 heteroatoms. The van der Waals surface area contributed by atoms with E-state index in [1.165, 1.54) is 21.9 Å². The van der Waals surface area contributed by atoms with Crippen molar-refractivity contribution >= 4 is 56.0 Å². The maximum Gasteiger partial charge on any atom is 0.136 e. The lowest BCUT2D eigenvalue weighted by Crippen LogP contribution is -1.90. The fourth-order valence-electron chi connectivity index (χ4n) is 5.20. The van der Waals surface area contributed by atoms with Gasteiger partial charge in [-0.25, -0.2) is 0 Å². The lowest BCUT2D eigenvalue weighted by atomic mass is 9.93. The first-order valence-corrected chi connectivity index (χ1v) is 13.1. The van der Waals surface area contributed by atoms with E-state index in [-0.39, 0.29) is 0 Å². The third-order valence-electron chi connectivity index (χ3n) is 7.13. The van der Waals surface area contributed by atoms with Crippen LogP contribution in [0.1, 0.15) is 16.7 Å². The monoisotopic (exact) mass is 506 g/mol. The zero-order valence-corrected chi connectivity index (χ0v) is 21.3. The summed E-state index contributed by atoms with van der Waals surface area (Å²) in [4.78, 5) is 0. The van der Waals surface area contributed by atoms with Crippen molar-refractivity contribution in [2.75, 3.05) is 0 Å². The maximum atomic E-state index is 6.33. The molecule has 6 aromatic carbocycles. The topological polar surface area (TPSA) is 13.1 Å². The van der Waals surface area contributed by atoms with Crippen molar-refractivity contribution in [1.82, 2.24) is 0 Å². The molecule has 0 N–H and O–H groups in total. The Morgan fingerprint density at radius 3 is 2.13 bits per heavy atom. The molecule has 180 valence electrons. The first-order valence-electron chi connectivity index (χ1n) is 12.7. The van der Waals surface area contributed by atoms with Crippen molar-refractivity contribution in [1.29, 1.82) is 0 Å². The van der Waals surface area contributed by atoms with Crippen molar-refractivity contribution in [3.63, 3.8) is 0 Å². The van der Waals surface area contributed by atoms with Crippen LogP contribution in [0.2, 0.25) is 5.02 Å². The van der Waals surface area contributed by atoms with E-state index in [2.05, 4.69) is 103 Å². The number of fused-ring (bicyclic) bond motifs is 4. The summed E-state index contributed by atoms with van der Waals surface area (Å²) < 4.78 is 6.21. The molecule has 0 aliphatic carbocycles. The Labute approximate surface area is 226 Å². The summed E-state index contributed by atoms with van der Waals surface area (Å²) in [5.74, 6) is 0. The standard InChI is InChI=1S/C36H23ClO/c37-31-9-5-6-24(20-31)21-34(30-18-19-33-32-10-3-4-11-35(32)38-36(33)23-30)27-15-12-26(13-16-27)29-17-14-25-7-1-2-8-28(25)22-29/h1-23H/b34-21-. The number of rotatable bonds is 4. The van der Waals surface area contributed by atoms with Crippen LogP contribution < -0.4 is 0 Å². The largest absolute Gasteiger partial charge is 0.456 e. The van der Waals surface area contributed by atoms with Gasteiger partial charge in [-0.05, 0) is 86.6 Å². The Balaban J connectivity index is 1.34. The molecule has 0 fully saturated rings. The lowest BCUT2D eigenvalue weighted by molar-refractivity contribution is 0.669. The Morgan fingerprint density at radius 1 is 0.526 bits per heavy atom. The summed E-state index contributed by atoms with van der Waals surface area (Å²) >= 11 is 6.33. The molecule has 0 radical (unpaired) electrons. The summed E-state index contributed by atoms with van der Waals surface area (Å²) in [6, 6.07) is 46.5. The molecular formula is C36H23ClO. The van der Waals surface area contributed by atoms with Crippen LogP contribution in [0.5, 0.6) is 0 Å². The van der Waals surface area contributed by atoms with Crippen LogP contribution >= 0.6 is 11.6 Å². The highest BCUT2D eigenvalue weighted by atomic mass is 35.5. The van der Waals surface area contributed by atoms with E-state index < -0.39 is 0 Å². The quantitative estimate of drug-likeness (QED) is 0.216. The lowest BCUT2D eigenvalue weighted by Gasteiger charge is -2.11. The first kappa shape index (κ1) is 22.6. The highest BCUT2D eigenvalue weighted by Crippen LogP contribution is 2.34. The predicted octanol–water partition coefficient (Wildman–Crippen LogP) is 10.6. The summed E-state index contributed by atoms with van der Waals surface area (Å²) in [7, 11) is 0. The van der Waals surface area contributed by atoms with E-state index >= 15 is 0 Å². The third kappa shape index (κ3) is 4.18. The van der Waals surface area contributed by atoms with Crippen molar-refractivity contribution in [2.24, 2.45) is 0 Å². The van der Waals surface area contributed by atoms with Crippen LogP contribution in [0.15, 0.2) is 138 Å². The minimum absolute atomic E-state index is 0.720. The molecule has 0 aliphatic rings. The number of hydrogen-bond acceptors (Lipinski definition) is 1. The average molecular weight is 507 g/mol. The number of hydrogen-bond donors (Lipinski definition) is 0. The molecule has 1 heterocycles. The minimum Gasteiger partial charge on any atom is -0.456 e. The summed E-state index contributed by atoms with van der Waals surface area (Å²) in [5, 5.41) is 5.47. The minimum atomic E-state index is 0.720. The average Bonchev–Trinajstić information content (AvgIpc) is 3.34. The molecule has 0 saturated carbocycles. The second kappa shape index (κ2) is 9.37. The van der Waals surface area contributed by atoms with Gasteiger partial charge in [-0.1, -0.05) is 109 Å². The second-order valence-electron chi connectivity index (χ2n) is 9.56. The normalized spacial score (nSPS) is 12.0. The van der Waals surface area contributed by atoms with E-state index in [1.54, 1.807) is 0 Å². The van der Waals surface area contributed by atoms with E-state index in [4.69, 9.17) is 16.0 Å². The van der Waals surface area contributed by atoms with Gasteiger partial charge >= 0.3 is 0 Å². The van der Waals surface area contributed by atoms with Gasteiger partial charge in [-0.3, -0.25) is 0 Å². The van der Waals surface area contributed by atoms with Gasteiger partial charge < -0.3 is 4.42 Å². The third-order valence-corrected chi connectivity index (χ3v) is 7.36. The molecule has 1 nitrogen and oxygen atoms in total. The molecule has 0 saturated heterocycles. The molecular weight excluding hydrogens is 484 g/mol. The van der Waals surface area contributed by atoms with Gasteiger partial charge in [0.05, 0.1) is 0 Å². The molecule has 0 atom stereocenters. The highest BCUT2D eigenvalue weighted by Gasteiger charge is 2.12. The highest BCUT2D eigenvalue weighted by molar-refractivity contribution is 6.30. The van der Waals surface area contributed by atoms with Crippen molar-refractivity contribution < 1.29 is 4.42 Å².